The van der Waals surface area contributed by atoms with Gasteiger partial charge in [0.05, 0.1) is 5.02 Å². The summed E-state index contributed by atoms with van der Waals surface area (Å²) in [6.07, 6.45) is -0.900. The van der Waals surface area contributed by atoms with Crippen LogP contribution in [0.25, 0.3) is 0 Å². The Kier molecular flexibility index (Phi) is 6.47. The van der Waals surface area contributed by atoms with E-state index in [9.17, 15) is 14.4 Å². The predicted molar refractivity (Wildman–Crippen MR) is 131 cm³/mol. The van der Waals surface area contributed by atoms with E-state index in [1.54, 1.807) is 55.5 Å². The number of amides is 1. The first-order chi connectivity index (χ1) is 15.7. The van der Waals surface area contributed by atoms with Crippen molar-refractivity contribution in [3.05, 3.63) is 93.0 Å². The third-order valence-electron chi connectivity index (χ3n) is 4.99. The molecule has 0 saturated heterocycles. The lowest BCUT2D eigenvalue weighted by Gasteiger charge is -2.19. The van der Waals surface area contributed by atoms with Crippen molar-refractivity contribution < 1.29 is 19.1 Å². The van der Waals surface area contributed by atoms with Crippen molar-refractivity contribution in [1.29, 1.82) is 0 Å². The Balaban J connectivity index is 1.43. The van der Waals surface area contributed by atoms with Crippen LogP contribution in [0.5, 0.6) is 5.75 Å². The van der Waals surface area contributed by atoms with Crippen molar-refractivity contribution >= 4 is 63.7 Å². The third kappa shape index (κ3) is 4.75. The smallest absolute Gasteiger partial charge is 0.266 e. The Morgan fingerprint density at radius 2 is 1.55 bits per heavy atom. The molecule has 0 fully saturated rings. The van der Waals surface area contributed by atoms with Crippen molar-refractivity contribution in [2.24, 2.45) is 0 Å². The molecule has 0 aliphatic heterocycles. The molecule has 0 bridgehead atoms. The summed E-state index contributed by atoms with van der Waals surface area (Å²) in [4.78, 5) is 38.0. The van der Waals surface area contributed by atoms with Crippen LogP contribution < -0.4 is 15.4 Å². The zero-order valence-electron chi connectivity index (χ0n) is 17.1. The molecule has 0 radical (unpaired) electrons. The SMILES string of the molecule is CC(Oc1ccc(Cl)cc1Cl)C(=O)NC(=S)Nc1ccc2c(c1)C(=O)c1ccccc1C2=O. The topological polar surface area (TPSA) is 84.5 Å². The number of carbonyl (C=O) groups is 3. The Labute approximate surface area is 204 Å². The number of benzene rings is 3. The van der Waals surface area contributed by atoms with Crippen LogP contribution >= 0.6 is 35.4 Å². The Bertz CT molecular complexity index is 1330. The summed E-state index contributed by atoms with van der Waals surface area (Å²) < 4.78 is 5.57. The van der Waals surface area contributed by atoms with E-state index in [-0.39, 0.29) is 27.3 Å². The molecule has 166 valence electrons. The van der Waals surface area contributed by atoms with Crippen molar-refractivity contribution in [1.82, 2.24) is 5.32 Å². The zero-order valence-corrected chi connectivity index (χ0v) is 19.5. The number of ketones is 2. The normalized spacial score (nSPS) is 12.9. The maximum absolute atomic E-state index is 12.9. The van der Waals surface area contributed by atoms with E-state index in [1.807, 2.05) is 0 Å². The molecule has 3 aromatic rings. The van der Waals surface area contributed by atoms with Gasteiger partial charge in [0, 0.05) is 33.0 Å². The first kappa shape index (κ1) is 22.9. The minimum Gasteiger partial charge on any atom is -0.479 e. The van der Waals surface area contributed by atoms with Gasteiger partial charge in [0.2, 0.25) is 0 Å². The molecule has 6 nitrogen and oxygen atoms in total. The molecule has 33 heavy (non-hydrogen) atoms. The van der Waals surface area contributed by atoms with Crippen LogP contribution in [-0.4, -0.2) is 28.7 Å². The summed E-state index contributed by atoms with van der Waals surface area (Å²) in [6, 6.07) is 16.1. The van der Waals surface area contributed by atoms with Crippen molar-refractivity contribution in [3.63, 3.8) is 0 Å². The molecule has 3 aromatic carbocycles. The molecule has 1 aliphatic rings. The van der Waals surface area contributed by atoms with Gasteiger partial charge in [-0.1, -0.05) is 47.5 Å². The Hall–Kier alpha value is -3.26. The molecule has 0 heterocycles. The molecular formula is C24H16Cl2N2O4S. The van der Waals surface area contributed by atoms with E-state index >= 15 is 0 Å². The summed E-state index contributed by atoms with van der Waals surface area (Å²) in [5.74, 6) is -0.660. The lowest BCUT2D eigenvalue weighted by atomic mass is 9.84. The number of carbonyl (C=O) groups excluding carboxylic acids is 3. The van der Waals surface area contributed by atoms with Crippen molar-refractivity contribution in [3.8, 4) is 5.75 Å². The van der Waals surface area contributed by atoms with Gasteiger partial charge in [0.15, 0.2) is 22.8 Å². The number of hydrogen-bond acceptors (Lipinski definition) is 5. The fraction of sp³-hybridized carbons (Fsp3) is 0.0833. The van der Waals surface area contributed by atoms with E-state index in [0.29, 0.717) is 33.1 Å². The van der Waals surface area contributed by atoms with Gasteiger partial charge in [-0.15, -0.1) is 0 Å². The van der Waals surface area contributed by atoms with Crippen molar-refractivity contribution in [2.45, 2.75) is 13.0 Å². The Morgan fingerprint density at radius 1 is 0.909 bits per heavy atom. The lowest BCUT2D eigenvalue weighted by Crippen LogP contribution is -2.42. The molecule has 2 N–H and O–H groups in total. The van der Waals surface area contributed by atoms with Gasteiger partial charge in [-0.05, 0) is 55.5 Å². The second kappa shape index (κ2) is 9.31. The van der Waals surface area contributed by atoms with E-state index < -0.39 is 12.0 Å². The predicted octanol–water partition coefficient (Wildman–Crippen LogP) is 5.05. The Morgan fingerprint density at radius 3 is 2.21 bits per heavy atom. The van der Waals surface area contributed by atoms with Crippen LogP contribution in [0.4, 0.5) is 5.69 Å². The summed E-state index contributed by atoms with van der Waals surface area (Å²) in [7, 11) is 0. The summed E-state index contributed by atoms with van der Waals surface area (Å²) in [6.45, 7) is 1.55. The number of rotatable bonds is 4. The zero-order chi connectivity index (χ0) is 23.7. The average Bonchev–Trinajstić information content (AvgIpc) is 2.79. The molecule has 4 rings (SSSR count). The summed E-state index contributed by atoms with van der Waals surface area (Å²) >= 11 is 17.2. The van der Waals surface area contributed by atoms with E-state index in [1.165, 1.54) is 12.1 Å². The van der Waals surface area contributed by atoms with Gasteiger partial charge in [-0.3, -0.25) is 19.7 Å². The van der Waals surface area contributed by atoms with Gasteiger partial charge in [-0.2, -0.15) is 0 Å². The van der Waals surface area contributed by atoms with Crippen LogP contribution in [0.15, 0.2) is 60.7 Å². The van der Waals surface area contributed by atoms with Gasteiger partial charge >= 0.3 is 0 Å². The van der Waals surface area contributed by atoms with Gasteiger partial charge in [-0.25, -0.2) is 0 Å². The molecule has 0 aromatic heterocycles. The third-order valence-corrected chi connectivity index (χ3v) is 5.72. The first-order valence-corrected chi connectivity index (χ1v) is 11.0. The van der Waals surface area contributed by atoms with Crippen LogP contribution in [0, 0.1) is 0 Å². The highest BCUT2D eigenvalue weighted by atomic mass is 35.5. The maximum Gasteiger partial charge on any atom is 0.266 e. The fourth-order valence-electron chi connectivity index (χ4n) is 3.37. The quantitative estimate of drug-likeness (QED) is 0.383. The first-order valence-electron chi connectivity index (χ1n) is 9.80. The molecule has 1 atom stereocenters. The minimum absolute atomic E-state index is 0.00703. The lowest BCUT2D eigenvalue weighted by molar-refractivity contribution is -0.125. The number of anilines is 1. The van der Waals surface area contributed by atoms with Gasteiger partial charge in [0.1, 0.15) is 5.75 Å². The van der Waals surface area contributed by atoms with Crippen molar-refractivity contribution in [2.75, 3.05) is 5.32 Å². The highest BCUT2D eigenvalue weighted by Crippen LogP contribution is 2.30. The summed E-state index contributed by atoms with van der Waals surface area (Å²) in [5.41, 5.74) is 1.78. The van der Waals surface area contributed by atoms with E-state index in [4.69, 9.17) is 40.2 Å². The van der Waals surface area contributed by atoms with Gasteiger partial charge in [0.25, 0.3) is 5.91 Å². The summed E-state index contributed by atoms with van der Waals surface area (Å²) in [5, 5.41) is 6.12. The number of ether oxygens (including phenoxy) is 1. The van der Waals surface area contributed by atoms with Gasteiger partial charge < -0.3 is 10.1 Å². The molecule has 0 saturated carbocycles. The number of thiocarbonyl (C=S) groups is 1. The highest BCUT2D eigenvalue weighted by Gasteiger charge is 2.29. The van der Waals surface area contributed by atoms with E-state index in [2.05, 4.69) is 10.6 Å². The molecule has 0 spiro atoms. The monoisotopic (exact) mass is 498 g/mol. The maximum atomic E-state index is 12.9. The van der Waals surface area contributed by atoms with Crippen LogP contribution in [0.2, 0.25) is 10.0 Å². The molecule has 9 heteroatoms. The largest absolute Gasteiger partial charge is 0.479 e. The van der Waals surface area contributed by atoms with Crippen LogP contribution in [0.1, 0.15) is 38.8 Å². The fourth-order valence-corrected chi connectivity index (χ4v) is 4.04. The average molecular weight is 499 g/mol. The molecule has 1 aliphatic carbocycles. The number of hydrogen-bond donors (Lipinski definition) is 2. The second-order valence-corrected chi connectivity index (χ2v) is 8.49. The molecular weight excluding hydrogens is 483 g/mol. The molecule has 1 amide bonds. The molecule has 1 unspecified atom stereocenters. The highest BCUT2D eigenvalue weighted by molar-refractivity contribution is 7.80. The van der Waals surface area contributed by atoms with E-state index in [0.717, 1.165) is 0 Å². The van der Waals surface area contributed by atoms with Crippen LogP contribution in [-0.2, 0) is 4.79 Å². The van der Waals surface area contributed by atoms with Crippen LogP contribution in [0.3, 0.4) is 0 Å². The number of halogens is 2. The number of nitrogens with one attached hydrogen (secondary N) is 2. The number of fused-ring (bicyclic) bond motifs is 2. The standard InChI is InChI=1S/C24H16Cl2N2O4S/c1-12(32-20-9-6-13(25)10-19(20)26)23(31)28-24(33)27-14-7-8-17-18(11-14)22(30)16-5-3-2-4-15(16)21(17)29/h2-12H,1H3,(H2,27,28,31,33). The minimum atomic E-state index is -0.900. The second-order valence-electron chi connectivity index (χ2n) is 7.24.